The highest BCUT2D eigenvalue weighted by Crippen LogP contribution is 2.33. The molecule has 1 saturated carbocycles. The molecule has 2 aromatic rings. The average Bonchev–Trinajstić information content (AvgIpc) is 2.99. The number of nitrogen functional groups attached to an aromatic ring is 1. The molecule has 1 fully saturated rings. The number of hydrogen-bond acceptors (Lipinski definition) is 4. The molecule has 1 aromatic heterocycles. The lowest BCUT2D eigenvalue weighted by Crippen LogP contribution is -1.92. The van der Waals surface area contributed by atoms with Crippen LogP contribution in [0.15, 0.2) is 27.2 Å². The Hall–Kier alpha value is -1.36. The molecule has 3 rings (SSSR count). The van der Waals surface area contributed by atoms with E-state index >= 15 is 0 Å². The summed E-state index contributed by atoms with van der Waals surface area (Å²) in [4.78, 5) is 4.38. The molecule has 0 spiro atoms. The SMILES string of the molecule is Nc1ccc(Br)cc1-c1nc(CC2CC2)no1. The molecule has 0 aliphatic heterocycles. The number of halogens is 1. The summed E-state index contributed by atoms with van der Waals surface area (Å²) < 4.78 is 6.20. The molecule has 0 bridgehead atoms. The van der Waals surface area contributed by atoms with Crippen LogP contribution in [-0.2, 0) is 6.42 Å². The van der Waals surface area contributed by atoms with Crippen molar-refractivity contribution in [2.45, 2.75) is 19.3 Å². The average molecular weight is 294 g/mol. The van der Waals surface area contributed by atoms with Gasteiger partial charge in [0.25, 0.3) is 5.89 Å². The summed E-state index contributed by atoms with van der Waals surface area (Å²) in [5, 5.41) is 3.99. The minimum atomic E-state index is 0.499. The molecule has 2 N–H and O–H groups in total. The van der Waals surface area contributed by atoms with Crippen molar-refractivity contribution in [1.82, 2.24) is 10.1 Å². The van der Waals surface area contributed by atoms with Crippen molar-refractivity contribution in [3.05, 3.63) is 28.5 Å². The minimum absolute atomic E-state index is 0.499. The van der Waals surface area contributed by atoms with Crippen molar-refractivity contribution in [2.75, 3.05) is 5.73 Å². The molecule has 4 nitrogen and oxygen atoms in total. The largest absolute Gasteiger partial charge is 0.398 e. The molecule has 88 valence electrons. The topological polar surface area (TPSA) is 64.9 Å². The van der Waals surface area contributed by atoms with Crippen LogP contribution in [0.1, 0.15) is 18.7 Å². The van der Waals surface area contributed by atoms with Crippen molar-refractivity contribution in [3.8, 4) is 11.5 Å². The van der Waals surface area contributed by atoms with Crippen LogP contribution >= 0.6 is 15.9 Å². The van der Waals surface area contributed by atoms with Crippen LogP contribution in [0.25, 0.3) is 11.5 Å². The van der Waals surface area contributed by atoms with E-state index in [4.69, 9.17) is 10.3 Å². The normalized spacial score (nSPS) is 15.1. The van der Waals surface area contributed by atoms with Crippen LogP contribution in [0.4, 0.5) is 5.69 Å². The molecular formula is C12H12BrN3O. The molecule has 0 amide bonds. The van der Waals surface area contributed by atoms with Gasteiger partial charge in [-0.05, 0) is 37.0 Å². The Bertz CT molecular complexity index is 548. The second-order valence-corrected chi connectivity index (χ2v) is 5.31. The molecule has 17 heavy (non-hydrogen) atoms. The van der Waals surface area contributed by atoms with Gasteiger partial charge in [0, 0.05) is 16.6 Å². The van der Waals surface area contributed by atoms with E-state index < -0.39 is 0 Å². The second kappa shape index (κ2) is 4.14. The van der Waals surface area contributed by atoms with E-state index in [2.05, 4.69) is 26.1 Å². The third kappa shape index (κ3) is 2.34. The summed E-state index contributed by atoms with van der Waals surface area (Å²) >= 11 is 3.41. The van der Waals surface area contributed by atoms with E-state index in [-0.39, 0.29) is 0 Å². The monoisotopic (exact) mass is 293 g/mol. The molecule has 1 heterocycles. The maximum absolute atomic E-state index is 5.90. The summed E-state index contributed by atoms with van der Waals surface area (Å²) in [6.45, 7) is 0. The van der Waals surface area contributed by atoms with E-state index in [1.54, 1.807) is 0 Å². The maximum Gasteiger partial charge on any atom is 0.260 e. The van der Waals surface area contributed by atoms with E-state index in [0.717, 1.165) is 28.2 Å². The van der Waals surface area contributed by atoms with Crippen LogP contribution in [0.3, 0.4) is 0 Å². The van der Waals surface area contributed by atoms with Gasteiger partial charge in [-0.25, -0.2) is 0 Å². The van der Waals surface area contributed by atoms with Crippen LogP contribution in [0.5, 0.6) is 0 Å². The molecule has 5 heteroatoms. The molecule has 0 atom stereocenters. The van der Waals surface area contributed by atoms with Crippen molar-refractivity contribution in [1.29, 1.82) is 0 Å². The smallest absolute Gasteiger partial charge is 0.260 e. The summed E-state index contributed by atoms with van der Waals surface area (Å²) in [5.74, 6) is 2.03. The number of benzene rings is 1. The van der Waals surface area contributed by atoms with Gasteiger partial charge in [-0.2, -0.15) is 4.98 Å². The highest BCUT2D eigenvalue weighted by molar-refractivity contribution is 9.10. The number of nitrogens with two attached hydrogens (primary N) is 1. The fraction of sp³-hybridized carbons (Fsp3) is 0.333. The van der Waals surface area contributed by atoms with Crippen LogP contribution in [-0.4, -0.2) is 10.1 Å². The van der Waals surface area contributed by atoms with Gasteiger partial charge >= 0.3 is 0 Å². The first kappa shape index (κ1) is 10.8. The minimum Gasteiger partial charge on any atom is -0.398 e. The number of hydrogen-bond donors (Lipinski definition) is 1. The maximum atomic E-state index is 5.90. The Morgan fingerprint density at radius 3 is 3.00 bits per heavy atom. The third-order valence-corrected chi connectivity index (χ3v) is 3.38. The zero-order valence-electron chi connectivity index (χ0n) is 9.19. The van der Waals surface area contributed by atoms with E-state index in [1.807, 2.05) is 18.2 Å². The Balaban J connectivity index is 1.91. The van der Waals surface area contributed by atoms with Crippen molar-refractivity contribution in [2.24, 2.45) is 5.92 Å². The molecule has 0 saturated heterocycles. The lowest BCUT2D eigenvalue weighted by molar-refractivity contribution is 0.421. The van der Waals surface area contributed by atoms with Gasteiger partial charge in [0.05, 0.1) is 5.56 Å². The number of rotatable bonds is 3. The zero-order chi connectivity index (χ0) is 11.8. The van der Waals surface area contributed by atoms with Crippen LogP contribution in [0.2, 0.25) is 0 Å². The predicted molar refractivity (Wildman–Crippen MR) is 68.3 cm³/mol. The molecule has 1 aromatic carbocycles. The Kier molecular flexibility index (Phi) is 2.63. The standard InChI is InChI=1S/C12H12BrN3O/c13-8-3-4-10(14)9(6-8)12-15-11(16-17-12)5-7-1-2-7/h3-4,6-7H,1-2,5,14H2. The van der Waals surface area contributed by atoms with Gasteiger partial charge in [-0.3, -0.25) is 0 Å². The Labute approximate surface area is 107 Å². The van der Waals surface area contributed by atoms with Crippen molar-refractivity contribution >= 4 is 21.6 Å². The number of anilines is 1. The zero-order valence-corrected chi connectivity index (χ0v) is 10.8. The molecule has 0 radical (unpaired) electrons. The first-order chi connectivity index (χ1) is 8.22. The highest BCUT2D eigenvalue weighted by Gasteiger charge is 2.24. The first-order valence-electron chi connectivity index (χ1n) is 5.60. The second-order valence-electron chi connectivity index (χ2n) is 4.39. The van der Waals surface area contributed by atoms with Gasteiger partial charge in [0.2, 0.25) is 0 Å². The number of nitrogens with zero attached hydrogens (tertiary/aromatic N) is 2. The van der Waals surface area contributed by atoms with Gasteiger partial charge in [0.1, 0.15) is 0 Å². The fourth-order valence-corrected chi connectivity index (χ4v) is 2.10. The summed E-state index contributed by atoms with van der Waals surface area (Å²) in [6, 6.07) is 5.61. The fourth-order valence-electron chi connectivity index (χ4n) is 1.74. The van der Waals surface area contributed by atoms with Crippen molar-refractivity contribution in [3.63, 3.8) is 0 Å². The first-order valence-corrected chi connectivity index (χ1v) is 6.39. The molecule has 1 aliphatic rings. The van der Waals surface area contributed by atoms with Crippen molar-refractivity contribution < 1.29 is 4.52 Å². The summed E-state index contributed by atoms with van der Waals surface area (Å²) in [5.41, 5.74) is 7.33. The van der Waals surface area contributed by atoms with Gasteiger partial charge in [0.15, 0.2) is 5.82 Å². The predicted octanol–water partition coefficient (Wildman–Crippen LogP) is 3.03. The molecule has 1 aliphatic carbocycles. The molecular weight excluding hydrogens is 282 g/mol. The van der Waals surface area contributed by atoms with Crippen LogP contribution < -0.4 is 5.73 Å². The lowest BCUT2D eigenvalue weighted by atomic mass is 10.2. The van der Waals surface area contributed by atoms with Gasteiger partial charge in [-0.1, -0.05) is 21.1 Å². The number of aromatic nitrogens is 2. The lowest BCUT2D eigenvalue weighted by Gasteiger charge is -2.00. The van der Waals surface area contributed by atoms with E-state index in [0.29, 0.717) is 11.6 Å². The summed E-state index contributed by atoms with van der Waals surface area (Å²) in [6.07, 6.45) is 3.48. The Morgan fingerprint density at radius 2 is 2.24 bits per heavy atom. The quantitative estimate of drug-likeness (QED) is 0.884. The van der Waals surface area contributed by atoms with Crippen LogP contribution in [0, 0.1) is 5.92 Å². The third-order valence-electron chi connectivity index (χ3n) is 2.88. The van der Waals surface area contributed by atoms with E-state index in [1.165, 1.54) is 12.8 Å². The highest BCUT2D eigenvalue weighted by atomic mass is 79.9. The van der Waals surface area contributed by atoms with Gasteiger partial charge < -0.3 is 10.3 Å². The van der Waals surface area contributed by atoms with E-state index in [9.17, 15) is 0 Å². The summed E-state index contributed by atoms with van der Waals surface area (Å²) in [7, 11) is 0. The molecule has 0 unspecified atom stereocenters. The Morgan fingerprint density at radius 1 is 1.41 bits per heavy atom. The van der Waals surface area contributed by atoms with Gasteiger partial charge in [-0.15, -0.1) is 0 Å².